The van der Waals surface area contributed by atoms with Crippen LogP contribution in [0.1, 0.15) is 10.4 Å². The molecule has 0 radical (unpaired) electrons. The minimum Gasteiger partial charge on any atom is -0.276 e. The van der Waals surface area contributed by atoms with Gasteiger partial charge in [0, 0.05) is 5.56 Å². The molecule has 0 N–H and O–H groups in total. The van der Waals surface area contributed by atoms with Crippen LogP contribution in [0.2, 0.25) is 0 Å². The highest BCUT2D eigenvalue weighted by Crippen LogP contribution is 2.55. The van der Waals surface area contributed by atoms with Gasteiger partial charge in [0.15, 0.2) is 4.33 Å². The number of benzene rings is 1. The lowest BCUT2D eigenvalue weighted by molar-refractivity contribution is 1.12. The Hall–Kier alpha value is -0.350. The molecule has 0 aliphatic heterocycles. The van der Waals surface area contributed by atoms with E-state index >= 15 is 0 Å². The summed E-state index contributed by atoms with van der Waals surface area (Å²) in [5, 5.41) is 0. The molecule has 0 spiro atoms. The Labute approximate surface area is 103 Å². The standard InChI is InChI=1S/C10H4Cl2OS2/c11-10(12)6-4-2-1-3-5(6)7-8(10)14-15-9(7)13/h1-4H. The molecule has 15 heavy (non-hydrogen) atoms. The minimum atomic E-state index is -1.05. The molecule has 1 aromatic heterocycles. The maximum absolute atomic E-state index is 11.7. The van der Waals surface area contributed by atoms with Crippen LogP contribution in [0.4, 0.5) is 0 Å². The summed E-state index contributed by atoms with van der Waals surface area (Å²) in [6.45, 7) is 0. The van der Waals surface area contributed by atoms with Gasteiger partial charge >= 0.3 is 0 Å². The summed E-state index contributed by atoms with van der Waals surface area (Å²) in [5.41, 5.74) is 2.38. The fourth-order valence-corrected chi connectivity index (χ4v) is 5.19. The minimum absolute atomic E-state index is 0.0469. The smallest absolute Gasteiger partial charge is 0.251 e. The Balaban J connectivity index is 2.49. The largest absolute Gasteiger partial charge is 0.276 e. The van der Waals surface area contributed by atoms with Gasteiger partial charge in [-0.2, -0.15) is 0 Å². The van der Waals surface area contributed by atoms with Crippen molar-refractivity contribution in [2.75, 3.05) is 0 Å². The molecule has 1 aromatic carbocycles. The van der Waals surface area contributed by atoms with Crippen molar-refractivity contribution in [3.05, 3.63) is 44.2 Å². The van der Waals surface area contributed by atoms with Gasteiger partial charge in [0.25, 0.3) is 4.74 Å². The van der Waals surface area contributed by atoms with Gasteiger partial charge < -0.3 is 0 Å². The zero-order valence-corrected chi connectivity index (χ0v) is 10.4. The summed E-state index contributed by atoms with van der Waals surface area (Å²) in [5.74, 6) is 0. The van der Waals surface area contributed by atoms with Crippen molar-refractivity contribution in [2.24, 2.45) is 0 Å². The zero-order chi connectivity index (χ0) is 10.6. The summed E-state index contributed by atoms with van der Waals surface area (Å²) >= 11 is 12.6. The van der Waals surface area contributed by atoms with Gasteiger partial charge in [-0.05, 0) is 15.9 Å². The first-order valence-electron chi connectivity index (χ1n) is 4.23. The number of rotatable bonds is 0. The normalized spacial score (nSPS) is 16.1. The Morgan fingerprint density at radius 1 is 1.13 bits per heavy atom. The molecule has 0 atom stereocenters. The molecule has 0 unspecified atom stereocenters. The summed E-state index contributed by atoms with van der Waals surface area (Å²) < 4.78 is -0.999. The second kappa shape index (κ2) is 3.08. The van der Waals surface area contributed by atoms with Crippen LogP contribution in [0.25, 0.3) is 11.1 Å². The fraction of sp³-hybridized carbons (Fsp3) is 0.100. The van der Waals surface area contributed by atoms with E-state index < -0.39 is 4.33 Å². The van der Waals surface area contributed by atoms with E-state index in [1.165, 1.54) is 20.7 Å². The molecule has 0 saturated heterocycles. The lowest BCUT2D eigenvalue weighted by atomic mass is 10.1. The van der Waals surface area contributed by atoms with Crippen LogP contribution < -0.4 is 4.74 Å². The SMILES string of the molecule is O=c1ssc2c1-c1ccccc1C2(Cl)Cl. The van der Waals surface area contributed by atoms with Crippen molar-refractivity contribution in [2.45, 2.75) is 4.33 Å². The van der Waals surface area contributed by atoms with E-state index in [-0.39, 0.29) is 4.74 Å². The third-order valence-electron chi connectivity index (χ3n) is 2.45. The van der Waals surface area contributed by atoms with Crippen molar-refractivity contribution in [1.82, 2.24) is 0 Å². The number of halogens is 2. The quantitative estimate of drug-likeness (QED) is 0.527. The number of fused-ring (bicyclic) bond motifs is 3. The predicted molar refractivity (Wildman–Crippen MR) is 66.4 cm³/mol. The maximum Gasteiger partial charge on any atom is 0.251 e. The Kier molecular flexibility index (Phi) is 2.02. The molecule has 1 aliphatic carbocycles. The second-order valence-electron chi connectivity index (χ2n) is 3.28. The van der Waals surface area contributed by atoms with Crippen LogP contribution in [0, 0.1) is 0 Å². The fourth-order valence-electron chi connectivity index (χ4n) is 1.79. The monoisotopic (exact) mass is 274 g/mol. The highest BCUT2D eigenvalue weighted by atomic mass is 35.5. The molecular weight excluding hydrogens is 271 g/mol. The van der Waals surface area contributed by atoms with Gasteiger partial charge in [0.2, 0.25) is 0 Å². The van der Waals surface area contributed by atoms with E-state index in [2.05, 4.69) is 0 Å². The van der Waals surface area contributed by atoms with Crippen LogP contribution in [0.15, 0.2) is 29.1 Å². The lowest BCUT2D eigenvalue weighted by Gasteiger charge is -2.12. The van der Waals surface area contributed by atoms with Gasteiger partial charge in [-0.3, -0.25) is 4.79 Å². The van der Waals surface area contributed by atoms with Crippen molar-refractivity contribution >= 4 is 43.9 Å². The number of alkyl halides is 2. The Bertz CT molecular complexity index is 597. The number of hydrogen-bond acceptors (Lipinski definition) is 3. The highest BCUT2D eigenvalue weighted by Gasteiger charge is 2.43. The molecule has 5 heteroatoms. The van der Waals surface area contributed by atoms with E-state index in [1.807, 2.05) is 24.3 Å². The van der Waals surface area contributed by atoms with Crippen LogP contribution in [0.3, 0.4) is 0 Å². The second-order valence-corrected chi connectivity index (χ2v) is 6.72. The third-order valence-corrected chi connectivity index (χ3v) is 5.78. The van der Waals surface area contributed by atoms with E-state index in [9.17, 15) is 4.79 Å². The Morgan fingerprint density at radius 2 is 1.87 bits per heavy atom. The summed E-state index contributed by atoms with van der Waals surface area (Å²) in [4.78, 5) is 12.4. The molecule has 2 aromatic rings. The van der Waals surface area contributed by atoms with Crippen LogP contribution in [-0.4, -0.2) is 0 Å². The van der Waals surface area contributed by atoms with Crippen molar-refractivity contribution < 1.29 is 0 Å². The van der Waals surface area contributed by atoms with E-state index in [1.54, 1.807) is 0 Å². The molecule has 3 rings (SSSR count). The molecule has 1 nitrogen and oxygen atoms in total. The van der Waals surface area contributed by atoms with Crippen LogP contribution in [-0.2, 0) is 4.33 Å². The first kappa shape index (κ1) is 9.85. The summed E-state index contributed by atoms with van der Waals surface area (Å²) in [6, 6.07) is 7.52. The molecule has 1 heterocycles. The van der Waals surface area contributed by atoms with Gasteiger partial charge in [0.05, 0.1) is 10.4 Å². The van der Waals surface area contributed by atoms with Crippen LogP contribution >= 0.6 is 43.9 Å². The molecule has 1 aliphatic rings. The lowest BCUT2D eigenvalue weighted by Crippen LogP contribution is -2.05. The topological polar surface area (TPSA) is 17.1 Å². The van der Waals surface area contributed by atoms with Crippen molar-refractivity contribution in [3.63, 3.8) is 0 Å². The highest BCUT2D eigenvalue weighted by molar-refractivity contribution is 7.69. The molecule has 76 valence electrons. The van der Waals surface area contributed by atoms with Gasteiger partial charge in [-0.1, -0.05) is 57.8 Å². The Morgan fingerprint density at radius 3 is 2.67 bits per heavy atom. The average molecular weight is 275 g/mol. The summed E-state index contributed by atoms with van der Waals surface area (Å²) in [7, 11) is 2.56. The van der Waals surface area contributed by atoms with Crippen molar-refractivity contribution in [3.8, 4) is 11.1 Å². The van der Waals surface area contributed by atoms with Gasteiger partial charge in [-0.25, -0.2) is 0 Å². The first-order chi connectivity index (χ1) is 7.12. The third kappa shape index (κ3) is 1.18. The molecule has 0 fully saturated rings. The van der Waals surface area contributed by atoms with E-state index in [0.29, 0.717) is 5.56 Å². The molecular formula is C10H4Cl2OS2. The van der Waals surface area contributed by atoms with Gasteiger partial charge in [0.1, 0.15) is 0 Å². The maximum atomic E-state index is 11.7. The van der Waals surface area contributed by atoms with E-state index in [4.69, 9.17) is 23.2 Å². The molecule has 0 bridgehead atoms. The molecule has 0 saturated carbocycles. The first-order valence-corrected chi connectivity index (χ1v) is 7.14. The van der Waals surface area contributed by atoms with Crippen molar-refractivity contribution in [1.29, 1.82) is 0 Å². The number of hydrogen-bond donors (Lipinski definition) is 0. The predicted octanol–water partition coefficient (Wildman–Crippen LogP) is 3.83. The molecule has 0 amide bonds. The zero-order valence-electron chi connectivity index (χ0n) is 7.29. The summed E-state index contributed by atoms with van der Waals surface area (Å²) in [6.07, 6.45) is 0. The van der Waals surface area contributed by atoms with Gasteiger partial charge in [-0.15, -0.1) is 0 Å². The average Bonchev–Trinajstić information content (AvgIpc) is 2.69. The van der Waals surface area contributed by atoms with Crippen LogP contribution in [0.5, 0.6) is 0 Å². The van der Waals surface area contributed by atoms with E-state index in [0.717, 1.165) is 16.0 Å².